The molecule has 1 saturated heterocycles. The summed E-state index contributed by atoms with van der Waals surface area (Å²) in [5.74, 6) is 0.242. The van der Waals surface area contributed by atoms with Crippen molar-refractivity contribution in [2.45, 2.75) is 32.7 Å². The predicted molar refractivity (Wildman–Crippen MR) is 86.6 cm³/mol. The Kier molecular flexibility index (Phi) is 5.95. The van der Waals surface area contributed by atoms with E-state index in [0.29, 0.717) is 6.54 Å². The van der Waals surface area contributed by atoms with Crippen molar-refractivity contribution < 1.29 is 14.5 Å². The number of amides is 2. The number of hydrogen-bond donors (Lipinski definition) is 3. The largest absolute Gasteiger partial charge is 0.351 e. The van der Waals surface area contributed by atoms with Gasteiger partial charge in [-0.25, -0.2) is 0 Å². The number of quaternary nitrogens is 1. The fraction of sp³-hybridized carbons (Fsp3) is 0.529. The second-order valence-corrected chi connectivity index (χ2v) is 5.90. The lowest BCUT2D eigenvalue weighted by atomic mass is 9.94. The first kappa shape index (κ1) is 16.5. The summed E-state index contributed by atoms with van der Waals surface area (Å²) in [6.45, 7) is 6.29. The molecule has 0 saturated carbocycles. The van der Waals surface area contributed by atoms with Gasteiger partial charge < -0.3 is 15.5 Å². The number of likely N-dealkylation sites (tertiary alicyclic amines) is 1. The molecule has 1 aliphatic rings. The lowest BCUT2D eigenvalue weighted by Gasteiger charge is -2.32. The van der Waals surface area contributed by atoms with Gasteiger partial charge in [-0.1, -0.05) is 18.2 Å². The standard InChI is InChI=1S/C17H25N3O2/c1-3-18-16(21)13(2)20-11-9-14(10-12-20)17(22)19-15-7-5-4-6-8-15/h4-8,13-14H,3,9-12H2,1-2H3,(H,18,21)(H,19,22)/p+1/t13-/m0/s1. The molecule has 1 aliphatic heterocycles. The Morgan fingerprint density at radius 3 is 2.45 bits per heavy atom. The molecule has 0 radical (unpaired) electrons. The van der Waals surface area contributed by atoms with Gasteiger partial charge in [0.15, 0.2) is 6.04 Å². The Labute approximate surface area is 132 Å². The summed E-state index contributed by atoms with van der Waals surface area (Å²) in [4.78, 5) is 25.4. The predicted octanol–water partition coefficient (Wildman–Crippen LogP) is 0.445. The summed E-state index contributed by atoms with van der Waals surface area (Å²) < 4.78 is 0. The molecule has 0 bridgehead atoms. The van der Waals surface area contributed by atoms with Crippen LogP contribution in [-0.2, 0) is 9.59 Å². The van der Waals surface area contributed by atoms with Crippen molar-refractivity contribution in [2.24, 2.45) is 5.92 Å². The van der Waals surface area contributed by atoms with Crippen molar-refractivity contribution in [1.82, 2.24) is 5.32 Å². The summed E-state index contributed by atoms with van der Waals surface area (Å²) >= 11 is 0. The molecule has 120 valence electrons. The molecule has 1 aromatic carbocycles. The van der Waals surface area contributed by atoms with Crippen LogP contribution in [0.15, 0.2) is 30.3 Å². The minimum atomic E-state index is -0.0434. The maximum atomic E-state index is 12.3. The highest BCUT2D eigenvalue weighted by Crippen LogP contribution is 2.14. The minimum absolute atomic E-state index is 0.0434. The van der Waals surface area contributed by atoms with Gasteiger partial charge in [0.05, 0.1) is 13.1 Å². The van der Waals surface area contributed by atoms with Crippen LogP contribution in [0.4, 0.5) is 5.69 Å². The number of piperidine rings is 1. The van der Waals surface area contributed by atoms with Gasteiger partial charge in [-0.3, -0.25) is 9.59 Å². The van der Waals surface area contributed by atoms with E-state index in [1.54, 1.807) is 0 Å². The molecular formula is C17H26N3O2+. The molecule has 1 atom stereocenters. The van der Waals surface area contributed by atoms with Crippen LogP contribution >= 0.6 is 0 Å². The number of para-hydroxylation sites is 1. The molecule has 22 heavy (non-hydrogen) atoms. The molecule has 1 fully saturated rings. The van der Waals surface area contributed by atoms with E-state index in [0.717, 1.165) is 31.6 Å². The van der Waals surface area contributed by atoms with E-state index in [1.165, 1.54) is 4.90 Å². The average molecular weight is 304 g/mol. The van der Waals surface area contributed by atoms with Crippen molar-refractivity contribution in [1.29, 1.82) is 0 Å². The Hall–Kier alpha value is -1.88. The third kappa shape index (κ3) is 4.31. The van der Waals surface area contributed by atoms with Crippen molar-refractivity contribution in [3.05, 3.63) is 30.3 Å². The molecule has 2 amide bonds. The van der Waals surface area contributed by atoms with Gasteiger partial charge in [0.1, 0.15) is 0 Å². The van der Waals surface area contributed by atoms with Crippen LogP contribution < -0.4 is 15.5 Å². The summed E-state index contributed by atoms with van der Waals surface area (Å²) in [6, 6.07) is 9.51. The van der Waals surface area contributed by atoms with Crippen LogP contribution in [0.2, 0.25) is 0 Å². The van der Waals surface area contributed by atoms with E-state index in [-0.39, 0.29) is 23.8 Å². The molecule has 5 nitrogen and oxygen atoms in total. The SMILES string of the molecule is CCNC(=O)[C@H](C)[NH+]1CCC(C(=O)Nc2ccccc2)CC1. The lowest BCUT2D eigenvalue weighted by molar-refractivity contribution is -0.919. The maximum Gasteiger partial charge on any atom is 0.278 e. The highest BCUT2D eigenvalue weighted by Gasteiger charge is 2.32. The summed E-state index contributed by atoms with van der Waals surface area (Å²) in [7, 11) is 0. The van der Waals surface area contributed by atoms with E-state index >= 15 is 0 Å². The molecule has 3 N–H and O–H groups in total. The van der Waals surface area contributed by atoms with Crippen LogP contribution in [0.3, 0.4) is 0 Å². The van der Waals surface area contributed by atoms with Gasteiger partial charge in [0.25, 0.3) is 5.91 Å². The van der Waals surface area contributed by atoms with E-state index in [2.05, 4.69) is 10.6 Å². The quantitative estimate of drug-likeness (QED) is 0.739. The summed E-state index contributed by atoms with van der Waals surface area (Å²) in [5, 5.41) is 5.84. The second-order valence-electron chi connectivity index (χ2n) is 5.90. The maximum absolute atomic E-state index is 12.3. The highest BCUT2D eigenvalue weighted by atomic mass is 16.2. The first-order valence-corrected chi connectivity index (χ1v) is 8.10. The van der Waals surface area contributed by atoms with E-state index < -0.39 is 0 Å². The number of nitrogens with one attached hydrogen (secondary N) is 3. The molecule has 1 heterocycles. The van der Waals surface area contributed by atoms with E-state index in [9.17, 15) is 9.59 Å². The highest BCUT2D eigenvalue weighted by molar-refractivity contribution is 5.92. The first-order valence-electron chi connectivity index (χ1n) is 8.10. The van der Waals surface area contributed by atoms with Crippen molar-refractivity contribution >= 4 is 17.5 Å². The second kappa shape index (κ2) is 7.94. The molecule has 2 rings (SSSR count). The fourth-order valence-corrected chi connectivity index (χ4v) is 2.96. The molecular weight excluding hydrogens is 278 g/mol. The Balaban J connectivity index is 1.81. The third-order valence-corrected chi connectivity index (χ3v) is 4.40. The summed E-state index contributed by atoms with van der Waals surface area (Å²) in [6.07, 6.45) is 1.66. The first-order chi connectivity index (χ1) is 10.6. The third-order valence-electron chi connectivity index (χ3n) is 4.40. The minimum Gasteiger partial charge on any atom is -0.351 e. The van der Waals surface area contributed by atoms with Crippen LogP contribution in [0.5, 0.6) is 0 Å². The Morgan fingerprint density at radius 2 is 1.86 bits per heavy atom. The topological polar surface area (TPSA) is 62.6 Å². The monoisotopic (exact) mass is 304 g/mol. The molecule has 1 aromatic rings. The number of rotatable bonds is 5. The molecule has 0 aromatic heterocycles. The fourth-order valence-electron chi connectivity index (χ4n) is 2.96. The van der Waals surface area contributed by atoms with Gasteiger partial charge in [-0.05, 0) is 26.0 Å². The van der Waals surface area contributed by atoms with Crippen LogP contribution in [0.1, 0.15) is 26.7 Å². The molecule has 5 heteroatoms. The summed E-state index contributed by atoms with van der Waals surface area (Å²) in [5.41, 5.74) is 0.845. The van der Waals surface area contributed by atoms with Crippen molar-refractivity contribution in [3.8, 4) is 0 Å². The number of carbonyl (C=O) groups is 2. The number of likely N-dealkylation sites (N-methyl/N-ethyl adjacent to an activating group) is 1. The smallest absolute Gasteiger partial charge is 0.278 e. The van der Waals surface area contributed by atoms with Crippen LogP contribution in [0.25, 0.3) is 0 Å². The zero-order chi connectivity index (χ0) is 15.9. The van der Waals surface area contributed by atoms with Crippen LogP contribution in [0, 0.1) is 5.92 Å². The number of benzene rings is 1. The molecule has 0 aliphatic carbocycles. The lowest BCUT2D eigenvalue weighted by Crippen LogP contribution is -3.17. The van der Waals surface area contributed by atoms with Gasteiger partial charge in [-0.2, -0.15) is 0 Å². The van der Waals surface area contributed by atoms with Crippen LogP contribution in [-0.4, -0.2) is 37.5 Å². The Morgan fingerprint density at radius 1 is 1.23 bits per heavy atom. The normalized spacial score (nSPS) is 22.6. The Bertz CT molecular complexity index is 496. The van der Waals surface area contributed by atoms with Gasteiger partial charge >= 0.3 is 0 Å². The van der Waals surface area contributed by atoms with Crippen molar-refractivity contribution in [2.75, 3.05) is 25.0 Å². The van der Waals surface area contributed by atoms with Gasteiger partial charge in [0.2, 0.25) is 5.91 Å². The number of carbonyl (C=O) groups excluding carboxylic acids is 2. The van der Waals surface area contributed by atoms with Gasteiger partial charge in [0, 0.05) is 31.0 Å². The van der Waals surface area contributed by atoms with Gasteiger partial charge in [-0.15, -0.1) is 0 Å². The zero-order valence-electron chi connectivity index (χ0n) is 13.4. The average Bonchev–Trinajstić information content (AvgIpc) is 2.55. The molecule has 0 spiro atoms. The van der Waals surface area contributed by atoms with Crippen molar-refractivity contribution in [3.63, 3.8) is 0 Å². The van der Waals surface area contributed by atoms with E-state index in [4.69, 9.17) is 0 Å². The van der Waals surface area contributed by atoms with E-state index in [1.807, 2.05) is 44.2 Å². The number of anilines is 1. The molecule has 0 unspecified atom stereocenters. The number of hydrogen-bond acceptors (Lipinski definition) is 2. The zero-order valence-corrected chi connectivity index (χ0v) is 13.4.